The number of aromatic amines is 1. The number of hydrogen-bond acceptors (Lipinski definition) is 4. The van der Waals surface area contributed by atoms with E-state index in [1.54, 1.807) is 13.1 Å². The van der Waals surface area contributed by atoms with Crippen LogP contribution in [0.2, 0.25) is 0 Å². The van der Waals surface area contributed by atoms with Crippen molar-refractivity contribution in [1.82, 2.24) is 10.2 Å². The summed E-state index contributed by atoms with van der Waals surface area (Å²) in [6.07, 6.45) is 3.04. The fraction of sp³-hybridized carbons (Fsp3) is 0.133. The van der Waals surface area contributed by atoms with Crippen LogP contribution in [0.4, 0.5) is 0 Å². The number of H-pyrrole nitrogens is 1. The third-order valence-electron chi connectivity index (χ3n) is 2.65. The van der Waals surface area contributed by atoms with Crippen molar-refractivity contribution in [2.75, 3.05) is 6.61 Å². The van der Waals surface area contributed by atoms with Crippen LogP contribution in [0, 0.1) is 11.3 Å². The topological polar surface area (TPSA) is 78.8 Å². The molecule has 5 nitrogen and oxygen atoms in total. The zero-order chi connectivity index (χ0) is 14.4. The zero-order valence-corrected chi connectivity index (χ0v) is 11.0. The highest BCUT2D eigenvalue weighted by atomic mass is 16.5. The molecule has 1 N–H and O–H groups in total. The van der Waals surface area contributed by atoms with Gasteiger partial charge >= 0.3 is 5.97 Å². The number of nitrogens with zero attached hydrogens (tertiary/aromatic N) is 2. The molecule has 100 valence electrons. The summed E-state index contributed by atoms with van der Waals surface area (Å²) >= 11 is 0. The summed E-state index contributed by atoms with van der Waals surface area (Å²) in [5.74, 6) is -0.629. The molecule has 2 aromatic rings. The summed E-state index contributed by atoms with van der Waals surface area (Å²) < 4.78 is 4.83. The number of carbonyl (C=O) groups excluding carboxylic acids is 1. The van der Waals surface area contributed by atoms with Gasteiger partial charge in [-0.3, -0.25) is 5.10 Å². The molecule has 0 saturated carbocycles. The van der Waals surface area contributed by atoms with E-state index in [4.69, 9.17) is 10.00 Å². The first-order valence-corrected chi connectivity index (χ1v) is 6.14. The van der Waals surface area contributed by atoms with Gasteiger partial charge in [0.05, 0.1) is 18.5 Å². The first-order valence-electron chi connectivity index (χ1n) is 6.14. The second-order valence-electron chi connectivity index (χ2n) is 3.96. The Morgan fingerprint density at radius 3 is 2.85 bits per heavy atom. The van der Waals surface area contributed by atoms with Crippen LogP contribution in [0.3, 0.4) is 0 Å². The fourth-order valence-corrected chi connectivity index (χ4v) is 1.74. The quantitative estimate of drug-likeness (QED) is 0.524. The maximum Gasteiger partial charge on any atom is 0.348 e. The Morgan fingerprint density at radius 1 is 1.45 bits per heavy atom. The summed E-state index contributed by atoms with van der Waals surface area (Å²) in [7, 11) is 0. The average molecular weight is 267 g/mol. The molecule has 0 aliphatic rings. The Balaban J connectivity index is 2.38. The number of rotatable bonds is 4. The monoisotopic (exact) mass is 267 g/mol. The maximum atomic E-state index is 11.6. The summed E-state index contributed by atoms with van der Waals surface area (Å²) in [6.45, 7) is 1.93. The molecule has 0 bridgehead atoms. The van der Waals surface area contributed by atoms with Crippen LogP contribution in [-0.4, -0.2) is 22.8 Å². The van der Waals surface area contributed by atoms with Gasteiger partial charge in [-0.25, -0.2) is 4.79 Å². The van der Waals surface area contributed by atoms with Gasteiger partial charge in [-0.2, -0.15) is 10.4 Å². The standard InChI is InChI=1S/C15H13N3O2/c1-2-20-15(19)12(9-16)8-13-10-17-18-14(13)11-6-4-3-5-7-11/h3-8,10H,2H2,1H3,(H,17,18). The predicted molar refractivity (Wildman–Crippen MR) is 74.2 cm³/mol. The van der Waals surface area contributed by atoms with E-state index < -0.39 is 5.97 Å². The van der Waals surface area contributed by atoms with Crippen molar-refractivity contribution in [3.63, 3.8) is 0 Å². The molecule has 5 heteroatoms. The van der Waals surface area contributed by atoms with Crippen molar-refractivity contribution in [2.24, 2.45) is 0 Å². The number of nitrogens with one attached hydrogen (secondary N) is 1. The summed E-state index contributed by atoms with van der Waals surface area (Å²) in [4.78, 5) is 11.6. The van der Waals surface area contributed by atoms with E-state index in [0.29, 0.717) is 5.56 Å². The van der Waals surface area contributed by atoms with Crippen LogP contribution in [0.1, 0.15) is 12.5 Å². The summed E-state index contributed by atoms with van der Waals surface area (Å²) in [5.41, 5.74) is 2.30. The summed E-state index contributed by atoms with van der Waals surface area (Å²) in [5, 5.41) is 15.9. The zero-order valence-electron chi connectivity index (χ0n) is 11.0. The minimum absolute atomic E-state index is 0.0505. The molecule has 1 aromatic heterocycles. The molecule has 20 heavy (non-hydrogen) atoms. The number of esters is 1. The van der Waals surface area contributed by atoms with Crippen molar-refractivity contribution in [3.8, 4) is 17.3 Å². The van der Waals surface area contributed by atoms with E-state index in [1.165, 1.54) is 6.08 Å². The second kappa shape index (κ2) is 6.34. The van der Waals surface area contributed by atoms with Gasteiger partial charge in [0.2, 0.25) is 0 Å². The molecule has 0 aliphatic carbocycles. The van der Waals surface area contributed by atoms with Crippen molar-refractivity contribution < 1.29 is 9.53 Å². The average Bonchev–Trinajstić information content (AvgIpc) is 2.94. The first kappa shape index (κ1) is 13.6. The van der Waals surface area contributed by atoms with E-state index in [-0.39, 0.29) is 12.2 Å². The number of aromatic nitrogens is 2. The third kappa shape index (κ3) is 2.93. The highest BCUT2D eigenvalue weighted by Gasteiger charge is 2.12. The Morgan fingerprint density at radius 2 is 2.20 bits per heavy atom. The Bertz CT molecular complexity index is 666. The van der Waals surface area contributed by atoms with E-state index in [2.05, 4.69) is 10.2 Å². The van der Waals surface area contributed by atoms with Gasteiger partial charge in [0, 0.05) is 11.1 Å². The van der Waals surface area contributed by atoms with Crippen molar-refractivity contribution >= 4 is 12.0 Å². The highest BCUT2D eigenvalue weighted by molar-refractivity contribution is 5.98. The Kier molecular flexibility index (Phi) is 4.30. The van der Waals surface area contributed by atoms with Crippen LogP contribution in [0.15, 0.2) is 42.1 Å². The second-order valence-corrected chi connectivity index (χ2v) is 3.96. The van der Waals surface area contributed by atoms with E-state index in [1.807, 2.05) is 36.4 Å². The maximum absolute atomic E-state index is 11.6. The molecular formula is C15H13N3O2. The molecule has 0 spiro atoms. The molecule has 2 rings (SSSR count). The SMILES string of the molecule is CCOC(=O)C(C#N)=Cc1cn[nH]c1-c1ccccc1. The number of ether oxygens (including phenoxy) is 1. The molecule has 0 amide bonds. The number of benzene rings is 1. The molecule has 1 aromatic carbocycles. The number of carbonyl (C=O) groups is 1. The largest absolute Gasteiger partial charge is 0.462 e. The first-order chi connectivity index (χ1) is 9.76. The van der Waals surface area contributed by atoms with Gasteiger partial charge in [-0.1, -0.05) is 30.3 Å². The molecule has 1 heterocycles. The summed E-state index contributed by atoms with van der Waals surface area (Å²) in [6, 6.07) is 11.4. The molecular weight excluding hydrogens is 254 g/mol. The molecule has 0 atom stereocenters. The molecule has 0 radical (unpaired) electrons. The van der Waals surface area contributed by atoms with Crippen LogP contribution in [0.25, 0.3) is 17.3 Å². The van der Waals surface area contributed by atoms with E-state index >= 15 is 0 Å². The normalized spacial score (nSPS) is 10.9. The lowest BCUT2D eigenvalue weighted by atomic mass is 10.1. The molecule has 0 aliphatic heterocycles. The van der Waals surface area contributed by atoms with Gasteiger partial charge in [0.1, 0.15) is 11.6 Å². The van der Waals surface area contributed by atoms with Crippen LogP contribution < -0.4 is 0 Å². The minimum atomic E-state index is -0.629. The lowest BCUT2D eigenvalue weighted by Crippen LogP contribution is -2.06. The predicted octanol–water partition coefficient (Wildman–Crippen LogP) is 2.55. The van der Waals surface area contributed by atoms with Crippen molar-refractivity contribution in [2.45, 2.75) is 6.92 Å². The molecule has 0 saturated heterocycles. The fourth-order valence-electron chi connectivity index (χ4n) is 1.74. The van der Waals surface area contributed by atoms with Crippen molar-refractivity contribution in [3.05, 3.63) is 47.7 Å². The highest BCUT2D eigenvalue weighted by Crippen LogP contribution is 2.22. The van der Waals surface area contributed by atoms with Gasteiger partial charge < -0.3 is 4.74 Å². The lowest BCUT2D eigenvalue weighted by Gasteiger charge is -2.01. The molecule has 0 fully saturated rings. The van der Waals surface area contributed by atoms with Gasteiger partial charge in [0.25, 0.3) is 0 Å². The van der Waals surface area contributed by atoms with E-state index in [0.717, 1.165) is 11.3 Å². The van der Waals surface area contributed by atoms with Crippen molar-refractivity contribution in [1.29, 1.82) is 5.26 Å². The van der Waals surface area contributed by atoms with Crippen LogP contribution in [0.5, 0.6) is 0 Å². The van der Waals surface area contributed by atoms with Gasteiger partial charge in [-0.15, -0.1) is 0 Å². The number of nitriles is 1. The smallest absolute Gasteiger partial charge is 0.348 e. The number of hydrogen-bond donors (Lipinski definition) is 1. The van der Waals surface area contributed by atoms with Gasteiger partial charge in [-0.05, 0) is 13.0 Å². The van der Waals surface area contributed by atoms with Crippen LogP contribution in [-0.2, 0) is 9.53 Å². The minimum Gasteiger partial charge on any atom is -0.462 e. The van der Waals surface area contributed by atoms with Crippen LogP contribution >= 0.6 is 0 Å². The van der Waals surface area contributed by atoms with E-state index in [9.17, 15) is 4.79 Å². The van der Waals surface area contributed by atoms with Gasteiger partial charge in [0.15, 0.2) is 0 Å². The third-order valence-corrected chi connectivity index (χ3v) is 2.65. The molecule has 0 unspecified atom stereocenters. The lowest BCUT2D eigenvalue weighted by molar-refractivity contribution is -0.137. The Hall–Kier alpha value is -2.87. The Labute approximate surface area is 116 Å².